The van der Waals surface area contributed by atoms with Crippen LogP contribution in [-0.2, 0) is 4.74 Å². The smallest absolute Gasteiger partial charge is 0.115 e. The van der Waals surface area contributed by atoms with Crippen LogP contribution in [0.2, 0.25) is 0 Å². The molecule has 1 saturated heterocycles. The summed E-state index contributed by atoms with van der Waals surface area (Å²) in [5.41, 5.74) is 0. The van der Waals surface area contributed by atoms with Crippen LogP contribution in [0.3, 0.4) is 0 Å². The van der Waals surface area contributed by atoms with E-state index >= 15 is 0 Å². The van der Waals surface area contributed by atoms with Gasteiger partial charge in [0.1, 0.15) is 36.6 Å². The van der Waals surface area contributed by atoms with E-state index in [1.165, 1.54) is 0 Å². The second-order valence-electron chi connectivity index (χ2n) is 3.59. The van der Waals surface area contributed by atoms with Gasteiger partial charge in [-0.05, 0) is 0 Å². The van der Waals surface area contributed by atoms with Crippen molar-refractivity contribution in [2.45, 2.75) is 36.6 Å². The number of aliphatic hydroxyl groups excluding tert-OH is 6. The van der Waals surface area contributed by atoms with E-state index in [-0.39, 0.29) is 6.61 Å². The average Bonchev–Trinajstić information content (AvgIpc) is 2.24. The molecule has 1 aliphatic heterocycles. The molecule has 3 unspecified atom stereocenters. The third-order valence-electron chi connectivity index (χ3n) is 2.46. The highest BCUT2D eigenvalue weighted by Crippen LogP contribution is 2.19. The fourth-order valence-electron chi connectivity index (χ4n) is 1.46. The lowest BCUT2D eigenvalue weighted by molar-refractivity contribution is -0.224. The van der Waals surface area contributed by atoms with Crippen LogP contribution in [-0.4, -0.2) is 80.5 Å². The van der Waals surface area contributed by atoms with Crippen LogP contribution in [0, 0.1) is 0 Å². The number of aliphatic hydroxyl groups is 6. The Bertz CT molecular complexity index is 195. The van der Waals surface area contributed by atoms with Gasteiger partial charge in [0.2, 0.25) is 0 Å². The zero-order chi connectivity index (χ0) is 11.6. The third-order valence-corrected chi connectivity index (χ3v) is 2.46. The minimum atomic E-state index is -1.52. The molecule has 6 N–H and O–H groups in total. The fourth-order valence-corrected chi connectivity index (χ4v) is 1.46. The molecule has 0 aliphatic carbocycles. The molecule has 0 aromatic rings. The van der Waals surface area contributed by atoms with E-state index in [9.17, 15) is 15.3 Å². The van der Waals surface area contributed by atoms with Crippen molar-refractivity contribution in [2.24, 2.45) is 0 Å². The van der Waals surface area contributed by atoms with E-state index < -0.39 is 43.2 Å². The molecule has 0 aromatic heterocycles. The maximum atomic E-state index is 9.43. The molecule has 7 heteroatoms. The Morgan fingerprint density at radius 1 is 1.13 bits per heavy atom. The summed E-state index contributed by atoms with van der Waals surface area (Å²) in [5.74, 6) is 0. The molecule has 6 atom stereocenters. The Hall–Kier alpha value is -0.280. The Labute approximate surface area is 86.2 Å². The number of hydrogen-bond acceptors (Lipinski definition) is 7. The van der Waals surface area contributed by atoms with E-state index in [0.29, 0.717) is 0 Å². The van der Waals surface area contributed by atoms with Gasteiger partial charge in [0.05, 0.1) is 13.2 Å². The Morgan fingerprint density at radius 3 is 2.27 bits per heavy atom. The van der Waals surface area contributed by atoms with Crippen LogP contribution in [0.15, 0.2) is 0 Å². The standard InChI is InChI=1S/C8H16O7/c9-1-3(10)6(13)8-7(14)5(12)4(11)2-15-8/h3-14H,1-2H2/t3?,4-,5-,6?,7+,8?/m1/s1. The summed E-state index contributed by atoms with van der Waals surface area (Å²) >= 11 is 0. The molecule has 0 amide bonds. The summed E-state index contributed by atoms with van der Waals surface area (Å²) in [5, 5.41) is 55.0. The normalized spacial score (nSPS) is 41.2. The third kappa shape index (κ3) is 2.64. The molecule has 0 saturated carbocycles. The first kappa shape index (κ1) is 12.8. The van der Waals surface area contributed by atoms with Gasteiger partial charge in [0.15, 0.2) is 0 Å². The quantitative estimate of drug-likeness (QED) is 0.289. The monoisotopic (exact) mass is 224 g/mol. The number of rotatable bonds is 3. The first-order chi connectivity index (χ1) is 6.99. The summed E-state index contributed by atoms with van der Waals surface area (Å²) in [4.78, 5) is 0. The highest BCUT2D eigenvalue weighted by atomic mass is 16.5. The maximum Gasteiger partial charge on any atom is 0.115 e. The predicted octanol–water partition coefficient (Wildman–Crippen LogP) is -3.82. The van der Waals surface area contributed by atoms with Crippen LogP contribution >= 0.6 is 0 Å². The highest BCUT2D eigenvalue weighted by Gasteiger charge is 2.42. The van der Waals surface area contributed by atoms with E-state index in [4.69, 9.17) is 20.1 Å². The van der Waals surface area contributed by atoms with Gasteiger partial charge in [-0.2, -0.15) is 0 Å². The minimum Gasteiger partial charge on any atom is -0.394 e. The van der Waals surface area contributed by atoms with Crippen molar-refractivity contribution in [3.8, 4) is 0 Å². The largest absolute Gasteiger partial charge is 0.394 e. The Kier molecular flexibility index (Phi) is 4.41. The van der Waals surface area contributed by atoms with Crippen molar-refractivity contribution in [1.82, 2.24) is 0 Å². The molecule has 1 rings (SSSR count). The molecule has 1 aliphatic rings. The molecular formula is C8H16O7. The highest BCUT2D eigenvalue weighted by molar-refractivity contribution is 4.92. The summed E-state index contributed by atoms with van der Waals surface area (Å²) in [6, 6.07) is 0. The van der Waals surface area contributed by atoms with E-state index in [0.717, 1.165) is 0 Å². The van der Waals surface area contributed by atoms with E-state index in [2.05, 4.69) is 0 Å². The summed E-state index contributed by atoms with van der Waals surface area (Å²) in [6.45, 7) is -0.940. The molecule has 0 radical (unpaired) electrons. The van der Waals surface area contributed by atoms with Gasteiger partial charge in [-0.1, -0.05) is 0 Å². The van der Waals surface area contributed by atoms with Crippen molar-refractivity contribution in [3.63, 3.8) is 0 Å². The first-order valence-corrected chi connectivity index (χ1v) is 4.61. The van der Waals surface area contributed by atoms with Crippen LogP contribution in [0.1, 0.15) is 0 Å². The van der Waals surface area contributed by atoms with Gasteiger partial charge >= 0.3 is 0 Å². The minimum absolute atomic E-state index is 0.252. The summed E-state index contributed by atoms with van der Waals surface area (Å²) < 4.78 is 4.88. The number of ether oxygens (including phenoxy) is 1. The summed E-state index contributed by atoms with van der Waals surface area (Å²) in [7, 11) is 0. The lowest BCUT2D eigenvalue weighted by atomic mass is 9.94. The molecule has 0 aromatic carbocycles. The molecule has 0 bridgehead atoms. The second kappa shape index (κ2) is 5.17. The zero-order valence-electron chi connectivity index (χ0n) is 7.97. The molecule has 7 nitrogen and oxygen atoms in total. The molecule has 1 fully saturated rings. The number of hydrogen-bond donors (Lipinski definition) is 6. The average molecular weight is 224 g/mol. The Balaban J connectivity index is 2.62. The van der Waals surface area contributed by atoms with Crippen molar-refractivity contribution < 1.29 is 35.4 Å². The second-order valence-corrected chi connectivity index (χ2v) is 3.59. The van der Waals surface area contributed by atoms with Crippen LogP contribution < -0.4 is 0 Å². The van der Waals surface area contributed by atoms with Gasteiger partial charge in [0.25, 0.3) is 0 Å². The Morgan fingerprint density at radius 2 is 1.73 bits per heavy atom. The molecular weight excluding hydrogens is 208 g/mol. The fraction of sp³-hybridized carbons (Fsp3) is 1.00. The van der Waals surface area contributed by atoms with Crippen LogP contribution in [0.4, 0.5) is 0 Å². The van der Waals surface area contributed by atoms with E-state index in [1.807, 2.05) is 0 Å². The topological polar surface area (TPSA) is 131 Å². The zero-order valence-corrected chi connectivity index (χ0v) is 7.97. The van der Waals surface area contributed by atoms with Crippen molar-refractivity contribution >= 4 is 0 Å². The van der Waals surface area contributed by atoms with Crippen molar-refractivity contribution in [2.75, 3.05) is 13.2 Å². The molecule has 1 heterocycles. The molecule has 0 spiro atoms. The lowest BCUT2D eigenvalue weighted by Crippen LogP contribution is -2.59. The van der Waals surface area contributed by atoms with E-state index in [1.54, 1.807) is 0 Å². The van der Waals surface area contributed by atoms with Gasteiger partial charge in [-0.25, -0.2) is 0 Å². The van der Waals surface area contributed by atoms with Gasteiger partial charge in [-0.3, -0.25) is 0 Å². The maximum absolute atomic E-state index is 9.43. The van der Waals surface area contributed by atoms with Gasteiger partial charge < -0.3 is 35.4 Å². The van der Waals surface area contributed by atoms with Crippen molar-refractivity contribution in [3.05, 3.63) is 0 Å². The van der Waals surface area contributed by atoms with Crippen LogP contribution in [0.25, 0.3) is 0 Å². The predicted molar refractivity (Wildman–Crippen MR) is 46.9 cm³/mol. The lowest BCUT2D eigenvalue weighted by Gasteiger charge is -2.38. The first-order valence-electron chi connectivity index (χ1n) is 4.61. The summed E-state index contributed by atoms with van der Waals surface area (Å²) in [6.07, 6.45) is -8.39. The van der Waals surface area contributed by atoms with Crippen molar-refractivity contribution in [1.29, 1.82) is 0 Å². The molecule has 90 valence electrons. The molecule has 15 heavy (non-hydrogen) atoms. The SMILES string of the molecule is OCC(O)C(O)C1OC[C@@H](O)[C@@H](O)[C@@H]1O. The van der Waals surface area contributed by atoms with Gasteiger partial charge in [0, 0.05) is 0 Å². The van der Waals surface area contributed by atoms with Crippen LogP contribution in [0.5, 0.6) is 0 Å². The van der Waals surface area contributed by atoms with Gasteiger partial charge in [-0.15, -0.1) is 0 Å².